The van der Waals surface area contributed by atoms with E-state index in [-0.39, 0.29) is 5.82 Å². The second kappa shape index (κ2) is 11.1. The summed E-state index contributed by atoms with van der Waals surface area (Å²) >= 11 is 0. The summed E-state index contributed by atoms with van der Waals surface area (Å²) in [5.41, 5.74) is 1.01. The molecule has 5 heteroatoms. The van der Waals surface area contributed by atoms with Gasteiger partial charge in [0.2, 0.25) is 0 Å². The largest absolute Gasteiger partial charge is 0.357 e. The molecule has 1 fully saturated rings. The van der Waals surface area contributed by atoms with E-state index < -0.39 is 0 Å². The van der Waals surface area contributed by atoms with E-state index in [2.05, 4.69) is 29.4 Å². The SMILES string of the molecule is CCNC(=NCCC1CCN(CC)CC1)NCCc1cccc(F)c1. The number of rotatable bonds is 8. The van der Waals surface area contributed by atoms with Crippen LogP contribution in [-0.4, -0.2) is 50.1 Å². The quantitative estimate of drug-likeness (QED) is 0.560. The summed E-state index contributed by atoms with van der Waals surface area (Å²) in [6, 6.07) is 6.78. The fourth-order valence-corrected chi connectivity index (χ4v) is 3.31. The van der Waals surface area contributed by atoms with Gasteiger partial charge in [-0.1, -0.05) is 19.1 Å². The monoisotopic (exact) mass is 348 g/mol. The number of hydrogen-bond donors (Lipinski definition) is 2. The summed E-state index contributed by atoms with van der Waals surface area (Å²) in [6.07, 6.45) is 4.55. The van der Waals surface area contributed by atoms with Gasteiger partial charge in [0.25, 0.3) is 0 Å². The van der Waals surface area contributed by atoms with E-state index in [0.717, 1.165) is 49.9 Å². The molecule has 1 saturated heterocycles. The Kier molecular flexibility index (Phi) is 8.73. The van der Waals surface area contributed by atoms with Crippen LogP contribution in [0.2, 0.25) is 0 Å². The number of guanidine groups is 1. The van der Waals surface area contributed by atoms with E-state index in [4.69, 9.17) is 4.99 Å². The third kappa shape index (κ3) is 7.43. The molecule has 0 atom stereocenters. The van der Waals surface area contributed by atoms with Crippen molar-refractivity contribution in [2.24, 2.45) is 10.9 Å². The maximum Gasteiger partial charge on any atom is 0.191 e. The predicted molar refractivity (Wildman–Crippen MR) is 104 cm³/mol. The Balaban J connectivity index is 1.70. The molecule has 0 bridgehead atoms. The first-order chi connectivity index (χ1) is 12.2. The van der Waals surface area contributed by atoms with Gasteiger partial charge in [-0.25, -0.2) is 4.39 Å². The summed E-state index contributed by atoms with van der Waals surface area (Å²) in [5.74, 6) is 1.50. The number of nitrogens with zero attached hydrogens (tertiary/aromatic N) is 2. The van der Waals surface area contributed by atoms with Crippen LogP contribution in [0, 0.1) is 11.7 Å². The van der Waals surface area contributed by atoms with Crippen LogP contribution in [0.3, 0.4) is 0 Å². The highest BCUT2D eigenvalue weighted by molar-refractivity contribution is 5.79. The Morgan fingerprint density at radius 3 is 2.72 bits per heavy atom. The number of likely N-dealkylation sites (tertiary alicyclic amines) is 1. The second-order valence-electron chi connectivity index (χ2n) is 6.73. The van der Waals surface area contributed by atoms with Gasteiger partial charge in [0.15, 0.2) is 5.96 Å². The Hall–Kier alpha value is -1.62. The molecule has 0 aliphatic carbocycles. The number of benzene rings is 1. The van der Waals surface area contributed by atoms with E-state index in [0.29, 0.717) is 0 Å². The number of piperidine rings is 1. The van der Waals surface area contributed by atoms with Crippen molar-refractivity contribution in [1.29, 1.82) is 0 Å². The smallest absolute Gasteiger partial charge is 0.191 e. The standard InChI is InChI=1S/C20H33FN4/c1-3-22-20(24-13-9-18-6-5-7-19(21)16-18)23-12-8-17-10-14-25(4-2)15-11-17/h5-7,16-17H,3-4,8-15H2,1-2H3,(H2,22,23,24). The zero-order valence-corrected chi connectivity index (χ0v) is 15.7. The summed E-state index contributed by atoms with van der Waals surface area (Å²) in [6.45, 7) is 10.4. The summed E-state index contributed by atoms with van der Waals surface area (Å²) < 4.78 is 13.2. The molecule has 140 valence electrons. The lowest BCUT2D eigenvalue weighted by Crippen LogP contribution is -2.38. The highest BCUT2D eigenvalue weighted by Crippen LogP contribution is 2.20. The molecule has 1 aromatic carbocycles. The number of halogens is 1. The molecule has 1 aromatic rings. The van der Waals surface area contributed by atoms with Gasteiger partial charge >= 0.3 is 0 Å². The van der Waals surface area contributed by atoms with Crippen LogP contribution in [0.5, 0.6) is 0 Å². The van der Waals surface area contributed by atoms with Crippen molar-refractivity contribution in [3.63, 3.8) is 0 Å². The molecule has 2 rings (SSSR count). The first-order valence-electron chi connectivity index (χ1n) is 9.70. The Morgan fingerprint density at radius 1 is 1.24 bits per heavy atom. The number of aliphatic imine (C=N–C) groups is 1. The van der Waals surface area contributed by atoms with Crippen LogP contribution in [-0.2, 0) is 6.42 Å². The Morgan fingerprint density at radius 2 is 2.04 bits per heavy atom. The normalized spacial score (nSPS) is 16.8. The van der Waals surface area contributed by atoms with Gasteiger partial charge in [-0.05, 0) is 75.9 Å². The van der Waals surface area contributed by atoms with Crippen LogP contribution in [0.1, 0.15) is 38.7 Å². The summed E-state index contributed by atoms with van der Waals surface area (Å²) in [4.78, 5) is 7.23. The molecule has 1 aliphatic rings. The maximum absolute atomic E-state index is 13.2. The number of hydrogen-bond acceptors (Lipinski definition) is 2. The summed E-state index contributed by atoms with van der Waals surface area (Å²) in [5, 5.41) is 6.64. The second-order valence-corrected chi connectivity index (χ2v) is 6.73. The molecule has 1 aliphatic heterocycles. The van der Waals surface area contributed by atoms with E-state index in [1.807, 2.05) is 6.07 Å². The molecule has 0 unspecified atom stereocenters. The van der Waals surface area contributed by atoms with Crippen molar-refractivity contribution in [2.45, 2.75) is 39.5 Å². The van der Waals surface area contributed by atoms with E-state index in [1.54, 1.807) is 12.1 Å². The maximum atomic E-state index is 13.2. The first kappa shape index (κ1) is 19.7. The topological polar surface area (TPSA) is 39.7 Å². The molecule has 0 radical (unpaired) electrons. The fraction of sp³-hybridized carbons (Fsp3) is 0.650. The minimum Gasteiger partial charge on any atom is -0.357 e. The molecule has 0 spiro atoms. The lowest BCUT2D eigenvalue weighted by molar-refractivity contribution is 0.188. The lowest BCUT2D eigenvalue weighted by Gasteiger charge is -2.30. The zero-order chi connectivity index (χ0) is 17.9. The van der Waals surface area contributed by atoms with E-state index in [9.17, 15) is 4.39 Å². The molecule has 0 amide bonds. The molecule has 4 nitrogen and oxygen atoms in total. The molecule has 0 aromatic heterocycles. The Bertz CT molecular complexity index is 524. The minimum atomic E-state index is -0.174. The average Bonchev–Trinajstić information content (AvgIpc) is 2.62. The van der Waals surface area contributed by atoms with Gasteiger partial charge in [-0.3, -0.25) is 4.99 Å². The highest BCUT2D eigenvalue weighted by Gasteiger charge is 2.17. The van der Waals surface area contributed by atoms with Gasteiger partial charge in [0.1, 0.15) is 5.82 Å². The summed E-state index contributed by atoms with van der Waals surface area (Å²) in [7, 11) is 0. The van der Waals surface area contributed by atoms with E-state index >= 15 is 0 Å². The highest BCUT2D eigenvalue weighted by atomic mass is 19.1. The van der Waals surface area contributed by atoms with Gasteiger partial charge in [-0.15, -0.1) is 0 Å². The average molecular weight is 349 g/mol. The van der Waals surface area contributed by atoms with Crippen molar-refractivity contribution in [1.82, 2.24) is 15.5 Å². The lowest BCUT2D eigenvalue weighted by atomic mass is 9.94. The zero-order valence-electron chi connectivity index (χ0n) is 15.7. The molecular formula is C20H33FN4. The fourth-order valence-electron chi connectivity index (χ4n) is 3.31. The predicted octanol–water partition coefficient (Wildman–Crippen LogP) is 3.05. The van der Waals surface area contributed by atoms with Crippen LogP contribution in [0.4, 0.5) is 4.39 Å². The van der Waals surface area contributed by atoms with Crippen molar-refractivity contribution in [3.8, 4) is 0 Å². The van der Waals surface area contributed by atoms with Crippen molar-refractivity contribution < 1.29 is 4.39 Å². The molecule has 0 saturated carbocycles. The minimum absolute atomic E-state index is 0.174. The van der Waals surface area contributed by atoms with Gasteiger partial charge in [0.05, 0.1) is 0 Å². The molecular weight excluding hydrogens is 315 g/mol. The van der Waals surface area contributed by atoms with Crippen molar-refractivity contribution in [3.05, 3.63) is 35.6 Å². The van der Waals surface area contributed by atoms with Crippen LogP contribution < -0.4 is 10.6 Å². The van der Waals surface area contributed by atoms with Crippen LogP contribution in [0.15, 0.2) is 29.3 Å². The van der Waals surface area contributed by atoms with Crippen LogP contribution in [0.25, 0.3) is 0 Å². The third-order valence-electron chi connectivity index (χ3n) is 4.90. The van der Waals surface area contributed by atoms with Crippen molar-refractivity contribution >= 4 is 5.96 Å². The van der Waals surface area contributed by atoms with E-state index in [1.165, 1.54) is 38.5 Å². The first-order valence-corrected chi connectivity index (χ1v) is 9.70. The van der Waals surface area contributed by atoms with Gasteiger partial charge in [0, 0.05) is 19.6 Å². The third-order valence-corrected chi connectivity index (χ3v) is 4.90. The molecule has 2 N–H and O–H groups in total. The Labute approximate surface area is 151 Å². The molecule has 25 heavy (non-hydrogen) atoms. The molecule has 1 heterocycles. The van der Waals surface area contributed by atoms with Gasteiger partial charge < -0.3 is 15.5 Å². The van der Waals surface area contributed by atoms with Crippen molar-refractivity contribution in [2.75, 3.05) is 39.3 Å². The van der Waals surface area contributed by atoms with Crippen LogP contribution >= 0.6 is 0 Å². The number of nitrogens with one attached hydrogen (secondary N) is 2. The van der Waals surface area contributed by atoms with Gasteiger partial charge in [-0.2, -0.15) is 0 Å².